The van der Waals surface area contributed by atoms with E-state index in [-0.39, 0.29) is 5.41 Å². The Labute approximate surface area is 267 Å². The first kappa shape index (κ1) is 26.2. The van der Waals surface area contributed by atoms with Gasteiger partial charge in [-0.3, -0.25) is 0 Å². The summed E-state index contributed by atoms with van der Waals surface area (Å²) in [4.78, 5) is 2.49. The van der Waals surface area contributed by atoms with Gasteiger partial charge in [0.1, 0.15) is 0 Å². The van der Waals surface area contributed by atoms with E-state index >= 15 is 0 Å². The molecule has 45 heavy (non-hydrogen) atoms. The van der Waals surface area contributed by atoms with E-state index in [0.717, 1.165) is 0 Å². The molecule has 0 saturated heterocycles. The van der Waals surface area contributed by atoms with Gasteiger partial charge < -0.3 is 4.90 Å². The van der Waals surface area contributed by atoms with E-state index < -0.39 is 0 Å². The zero-order valence-corrected chi connectivity index (χ0v) is 26.1. The molecule has 1 nitrogen and oxygen atoms in total. The van der Waals surface area contributed by atoms with Gasteiger partial charge in [-0.15, -0.1) is 11.3 Å². The zero-order chi connectivity index (χ0) is 30.1. The van der Waals surface area contributed by atoms with Gasteiger partial charge >= 0.3 is 0 Å². The van der Waals surface area contributed by atoms with Crippen molar-refractivity contribution >= 4 is 59.3 Å². The topological polar surface area (TPSA) is 3.24 Å². The fourth-order valence-electron chi connectivity index (χ4n) is 7.50. The van der Waals surface area contributed by atoms with Crippen molar-refractivity contribution in [1.82, 2.24) is 0 Å². The molecule has 0 spiro atoms. The second-order valence-electron chi connectivity index (χ2n) is 12.5. The molecule has 9 rings (SSSR count). The maximum absolute atomic E-state index is 2.49. The van der Waals surface area contributed by atoms with Crippen molar-refractivity contribution in [3.05, 3.63) is 163 Å². The first-order chi connectivity index (χ1) is 22.1. The molecule has 0 saturated carbocycles. The Hall–Kier alpha value is -5.18. The molecule has 0 unspecified atom stereocenters. The number of hydrogen-bond donors (Lipinski definition) is 0. The molecule has 0 atom stereocenters. The van der Waals surface area contributed by atoms with Crippen LogP contribution in [0.25, 0.3) is 53.2 Å². The summed E-state index contributed by atoms with van der Waals surface area (Å²) in [6.07, 6.45) is 0. The van der Waals surface area contributed by atoms with Crippen LogP contribution in [0.2, 0.25) is 0 Å². The number of fused-ring (bicyclic) bond motifs is 7. The van der Waals surface area contributed by atoms with Gasteiger partial charge in [0.25, 0.3) is 0 Å². The van der Waals surface area contributed by atoms with Crippen LogP contribution in [0, 0.1) is 0 Å². The van der Waals surface area contributed by atoms with E-state index in [0.29, 0.717) is 0 Å². The largest absolute Gasteiger partial charge is 0.309 e. The van der Waals surface area contributed by atoms with E-state index in [1.165, 1.54) is 81.4 Å². The standard InChI is InChI=1S/C43H31NS/c1-43(2)37-21-8-5-16-31(37)32-26-25-29(27-38(32)43)44(39-23-11-14-28-13-3-4-15-30(28)39)40-22-9-6-17-33(40)35-19-12-20-36-34-18-7-10-24-41(34)45-42(35)36/h3-27H,1-2H3. The molecule has 0 bridgehead atoms. The highest BCUT2D eigenvalue weighted by atomic mass is 32.1. The Morgan fingerprint density at radius 3 is 2.00 bits per heavy atom. The Bertz CT molecular complexity index is 2420. The lowest BCUT2D eigenvalue weighted by Crippen LogP contribution is -2.17. The van der Waals surface area contributed by atoms with Crippen molar-refractivity contribution in [3.8, 4) is 22.3 Å². The van der Waals surface area contributed by atoms with Crippen LogP contribution in [0.4, 0.5) is 17.1 Å². The Morgan fingerprint density at radius 1 is 0.467 bits per heavy atom. The van der Waals surface area contributed by atoms with Crippen molar-refractivity contribution in [2.24, 2.45) is 0 Å². The monoisotopic (exact) mass is 593 g/mol. The number of anilines is 3. The first-order valence-electron chi connectivity index (χ1n) is 15.6. The lowest BCUT2D eigenvalue weighted by Gasteiger charge is -2.30. The van der Waals surface area contributed by atoms with Crippen LogP contribution in [0.5, 0.6) is 0 Å². The van der Waals surface area contributed by atoms with Crippen LogP contribution in [0.15, 0.2) is 152 Å². The van der Waals surface area contributed by atoms with E-state index in [2.05, 4.69) is 170 Å². The second-order valence-corrected chi connectivity index (χ2v) is 13.6. The number of para-hydroxylation sites is 1. The van der Waals surface area contributed by atoms with Crippen LogP contribution in [-0.2, 0) is 5.41 Å². The highest BCUT2D eigenvalue weighted by Gasteiger charge is 2.36. The summed E-state index contributed by atoms with van der Waals surface area (Å²) < 4.78 is 2.65. The Kier molecular flexibility index (Phi) is 5.78. The smallest absolute Gasteiger partial charge is 0.0540 e. The number of thiophene rings is 1. The van der Waals surface area contributed by atoms with E-state index in [4.69, 9.17) is 0 Å². The van der Waals surface area contributed by atoms with Crippen LogP contribution in [0.3, 0.4) is 0 Å². The van der Waals surface area contributed by atoms with Gasteiger partial charge in [0, 0.05) is 47.8 Å². The van der Waals surface area contributed by atoms with E-state index in [1.807, 2.05) is 11.3 Å². The molecule has 8 aromatic rings. The lowest BCUT2D eigenvalue weighted by molar-refractivity contribution is 0.660. The van der Waals surface area contributed by atoms with Gasteiger partial charge in [0.2, 0.25) is 0 Å². The number of nitrogens with zero attached hydrogens (tertiary/aromatic N) is 1. The van der Waals surface area contributed by atoms with Gasteiger partial charge in [0.05, 0.1) is 11.4 Å². The molecule has 1 aromatic heterocycles. The summed E-state index contributed by atoms with van der Waals surface area (Å²) in [5, 5.41) is 5.11. The van der Waals surface area contributed by atoms with Gasteiger partial charge in [0.15, 0.2) is 0 Å². The summed E-state index contributed by atoms with van der Waals surface area (Å²) in [5.74, 6) is 0. The molecule has 1 aliphatic rings. The average Bonchev–Trinajstić information content (AvgIpc) is 3.58. The molecule has 214 valence electrons. The first-order valence-corrected chi connectivity index (χ1v) is 16.4. The molecule has 0 N–H and O–H groups in total. The quantitative estimate of drug-likeness (QED) is 0.196. The predicted molar refractivity (Wildman–Crippen MR) is 195 cm³/mol. The second kappa shape index (κ2) is 9.92. The third-order valence-electron chi connectivity index (χ3n) is 9.67. The fourth-order valence-corrected chi connectivity index (χ4v) is 8.73. The third kappa shape index (κ3) is 3.92. The molecular weight excluding hydrogens is 563 g/mol. The Morgan fingerprint density at radius 2 is 1.09 bits per heavy atom. The van der Waals surface area contributed by atoms with E-state index in [9.17, 15) is 0 Å². The molecule has 0 fully saturated rings. The third-order valence-corrected chi connectivity index (χ3v) is 10.9. The van der Waals surface area contributed by atoms with Crippen molar-refractivity contribution in [2.45, 2.75) is 19.3 Å². The normalized spacial score (nSPS) is 13.3. The average molecular weight is 594 g/mol. The number of rotatable bonds is 4. The van der Waals surface area contributed by atoms with Crippen molar-refractivity contribution < 1.29 is 0 Å². The van der Waals surface area contributed by atoms with Crippen molar-refractivity contribution in [2.75, 3.05) is 4.90 Å². The number of benzene rings is 7. The molecular formula is C43H31NS. The molecule has 0 radical (unpaired) electrons. The predicted octanol–water partition coefficient (Wildman–Crippen LogP) is 12.7. The van der Waals surface area contributed by atoms with Gasteiger partial charge in [-0.05, 0) is 58.0 Å². The summed E-state index contributed by atoms with van der Waals surface area (Å²) in [6, 6.07) is 55.9. The van der Waals surface area contributed by atoms with Gasteiger partial charge in [-0.2, -0.15) is 0 Å². The lowest BCUT2D eigenvalue weighted by atomic mass is 9.82. The number of hydrogen-bond acceptors (Lipinski definition) is 2. The minimum atomic E-state index is -0.0887. The van der Waals surface area contributed by atoms with Crippen molar-refractivity contribution in [3.63, 3.8) is 0 Å². The maximum Gasteiger partial charge on any atom is 0.0540 e. The van der Waals surface area contributed by atoms with Crippen LogP contribution in [0.1, 0.15) is 25.0 Å². The summed E-state index contributed by atoms with van der Waals surface area (Å²) >= 11 is 1.89. The molecule has 0 aliphatic heterocycles. The molecule has 1 heterocycles. The van der Waals surface area contributed by atoms with Crippen LogP contribution >= 0.6 is 11.3 Å². The molecule has 1 aliphatic carbocycles. The Balaban J connectivity index is 1.33. The van der Waals surface area contributed by atoms with Crippen molar-refractivity contribution in [1.29, 1.82) is 0 Å². The molecule has 7 aromatic carbocycles. The highest BCUT2D eigenvalue weighted by molar-refractivity contribution is 7.26. The summed E-state index contributed by atoms with van der Waals surface area (Å²) in [7, 11) is 0. The SMILES string of the molecule is CC1(C)c2ccccc2-c2ccc(N(c3ccccc3-c3cccc4c3sc3ccccc34)c3cccc4ccccc34)cc21. The summed E-state index contributed by atoms with van der Waals surface area (Å²) in [6.45, 7) is 4.72. The van der Waals surface area contributed by atoms with Crippen LogP contribution < -0.4 is 4.90 Å². The van der Waals surface area contributed by atoms with E-state index in [1.54, 1.807) is 0 Å². The highest BCUT2D eigenvalue weighted by Crippen LogP contribution is 2.52. The molecule has 2 heteroatoms. The minimum Gasteiger partial charge on any atom is -0.309 e. The minimum absolute atomic E-state index is 0.0887. The zero-order valence-electron chi connectivity index (χ0n) is 25.3. The summed E-state index contributed by atoms with van der Waals surface area (Å²) in [5.41, 5.74) is 11.4. The maximum atomic E-state index is 2.49. The van der Waals surface area contributed by atoms with Crippen LogP contribution in [-0.4, -0.2) is 0 Å². The molecule has 0 amide bonds. The van der Waals surface area contributed by atoms with Gasteiger partial charge in [-0.25, -0.2) is 0 Å². The van der Waals surface area contributed by atoms with Gasteiger partial charge in [-0.1, -0.05) is 135 Å². The fraction of sp³-hybridized carbons (Fsp3) is 0.0698.